The number of aromatic amines is 1. The van der Waals surface area contributed by atoms with Crippen LogP contribution in [0.25, 0.3) is 17.3 Å². The lowest BCUT2D eigenvalue weighted by Crippen LogP contribution is -2.09. The number of H-pyrrole nitrogens is 1. The quantitative estimate of drug-likeness (QED) is 0.536. The Kier molecular flexibility index (Phi) is 5.31. The number of rotatable bonds is 6. The highest BCUT2D eigenvalue weighted by Gasteiger charge is 2.00. The topological polar surface area (TPSA) is 80.0 Å². The van der Waals surface area contributed by atoms with Gasteiger partial charge in [0.2, 0.25) is 0 Å². The molecular formula is C19H18FN5. The predicted molar refractivity (Wildman–Crippen MR) is 97.4 cm³/mol. The minimum atomic E-state index is -0.239. The zero-order chi connectivity index (χ0) is 17.5. The second kappa shape index (κ2) is 8.01. The smallest absolute Gasteiger partial charge is 0.130 e. The third kappa shape index (κ3) is 4.84. The van der Waals surface area contributed by atoms with E-state index in [1.54, 1.807) is 36.8 Å². The summed E-state index contributed by atoms with van der Waals surface area (Å²) in [6, 6.07) is 10.3. The highest BCUT2D eigenvalue weighted by Crippen LogP contribution is 2.15. The Bertz CT molecular complexity index is 884. The van der Waals surface area contributed by atoms with Gasteiger partial charge in [-0.2, -0.15) is 0 Å². The minimum absolute atomic E-state index is 0.239. The molecule has 5 nitrogen and oxygen atoms in total. The van der Waals surface area contributed by atoms with Crippen molar-refractivity contribution in [2.45, 2.75) is 6.42 Å². The van der Waals surface area contributed by atoms with E-state index in [9.17, 15) is 4.39 Å². The molecule has 0 aliphatic heterocycles. The maximum absolute atomic E-state index is 13.1. The Morgan fingerprint density at radius 1 is 1.24 bits per heavy atom. The van der Waals surface area contributed by atoms with E-state index < -0.39 is 0 Å². The minimum Gasteiger partial charge on any atom is -0.384 e. The number of hydrogen-bond acceptors (Lipinski definition) is 3. The molecule has 0 aliphatic rings. The van der Waals surface area contributed by atoms with Gasteiger partial charge in [0, 0.05) is 24.5 Å². The molecule has 0 saturated heterocycles. The number of amidine groups is 1. The average molecular weight is 335 g/mol. The number of aromatic nitrogens is 3. The van der Waals surface area contributed by atoms with Crippen LogP contribution in [0.5, 0.6) is 0 Å². The summed E-state index contributed by atoms with van der Waals surface area (Å²) in [6.07, 6.45) is 9.32. The van der Waals surface area contributed by atoms with Gasteiger partial charge < -0.3 is 10.7 Å². The molecule has 3 rings (SSSR count). The third-order valence-corrected chi connectivity index (χ3v) is 3.58. The van der Waals surface area contributed by atoms with Gasteiger partial charge in [-0.1, -0.05) is 12.1 Å². The van der Waals surface area contributed by atoms with Gasteiger partial charge in [0.25, 0.3) is 0 Å². The van der Waals surface area contributed by atoms with Gasteiger partial charge >= 0.3 is 0 Å². The number of benzene rings is 1. The van der Waals surface area contributed by atoms with Crippen molar-refractivity contribution < 1.29 is 4.39 Å². The predicted octanol–water partition coefficient (Wildman–Crippen LogP) is 3.22. The third-order valence-electron chi connectivity index (χ3n) is 3.58. The molecule has 2 aromatic heterocycles. The van der Waals surface area contributed by atoms with Crippen molar-refractivity contribution in [2.24, 2.45) is 10.7 Å². The van der Waals surface area contributed by atoms with Gasteiger partial charge in [-0.05, 0) is 48.4 Å². The Morgan fingerprint density at radius 3 is 2.88 bits per heavy atom. The first-order chi connectivity index (χ1) is 12.2. The number of imidazole rings is 1. The standard InChI is InChI=1S/C19H18FN5/c20-16-3-1-2-14(12-16)6-11-23-18(21)4-5-19-24-13-17(25-19)15-7-9-22-10-8-15/h1-5,7-10,12-13H,6,11H2,(H2,21,23)(H,24,25)/b5-4-. The fourth-order valence-electron chi connectivity index (χ4n) is 2.32. The van der Waals surface area contributed by atoms with Crippen LogP contribution in [-0.2, 0) is 6.42 Å². The van der Waals surface area contributed by atoms with E-state index in [1.165, 1.54) is 12.1 Å². The summed E-state index contributed by atoms with van der Waals surface area (Å²) in [5.41, 5.74) is 8.69. The highest BCUT2D eigenvalue weighted by molar-refractivity contribution is 5.94. The van der Waals surface area contributed by atoms with E-state index in [2.05, 4.69) is 19.9 Å². The van der Waals surface area contributed by atoms with Crippen LogP contribution in [0.15, 0.2) is 66.1 Å². The summed E-state index contributed by atoms with van der Waals surface area (Å²) >= 11 is 0. The van der Waals surface area contributed by atoms with Crippen molar-refractivity contribution in [1.29, 1.82) is 0 Å². The molecule has 3 N–H and O–H groups in total. The van der Waals surface area contributed by atoms with Crippen LogP contribution < -0.4 is 5.73 Å². The number of nitrogens with two attached hydrogens (primary N) is 1. The molecule has 6 heteroatoms. The van der Waals surface area contributed by atoms with E-state index >= 15 is 0 Å². The Labute approximate surface area is 145 Å². The van der Waals surface area contributed by atoms with Crippen molar-refractivity contribution >= 4 is 11.9 Å². The molecular weight excluding hydrogens is 317 g/mol. The summed E-state index contributed by atoms with van der Waals surface area (Å²) < 4.78 is 13.1. The van der Waals surface area contributed by atoms with Crippen molar-refractivity contribution in [1.82, 2.24) is 15.0 Å². The van der Waals surface area contributed by atoms with Crippen molar-refractivity contribution in [3.63, 3.8) is 0 Å². The molecule has 25 heavy (non-hydrogen) atoms. The summed E-state index contributed by atoms with van der Waals surface area (Å²) in [6.45, 7) is 0.500. The molecule has 0 spiro atoms. The van der Waals surface area contributed by atoms with E-state index in [4.69, 9.17) is 5.73 Å². The largest absolute Gasteiger partial charge is 0.384 e. The average Bonchev–Trinajstić information content (AvgIpc) is 3.10. The van der Waals surface area contributed by atoms with Crippen LogP contribution in [0.3, 0.4) is 0 Å². The lowest BCUT2D eigenvalue weighted by Gasteiger charge is -1.99. The van der Waals surface area contributed by atoms with Crippen LogP contribution in [0.1, 0.15) is 11.4 Å². The van der Waals surface area contributed by atoms with E-state index in [0.29, 0.717) is 24.6 Å². The molecule has 0 radical (unpaired) electrons. The molecule has 2 heterocycles. The Hall–Kier alpha value is -3.28. The molecule has 0 aliphatic carbocycles. The molecule has 0 unspecified atom stereocenters. The molecule has 0 amide bonds. The Morgan fingerprint density at radius 2 is 2.08 bits per heavy atom. The molecule has 126 valence electrons. The zero-order valence-corrected chi connectivity index (χ0v) is 13.6. The molecule has 1 aromatic carbocycles. The van der Waals surface area contributed by atoms with Gasteiger partial charge in [-0.3, -0.25) is 9.98 Å². The molecule has 0 fully saturated rings. The first-order valence-electron chi connectivity index (χ1n) is 7.88. The number of aliphatic imine (C=N–C) groups is 1. The fourth-order valence-corrected chi connectivity index (χ4v) is 2.32. The van der Waals surface area contributed by atoms with E-state index in [1.807, 2.05) is 18.2 Å². The number of pyridine rings is 1. The normalized spacial score (nSPS) is 12.0. The summed E-state index contributed by atoms with van der Waals surface area (Å²) in [4.78, 5) is 15.7. The summed E-state index contributed by atoms with van der Waals surface area (Å²) in [5, 5.41) is 0. The lowest BCUT2D eigenvalue weighted by atomic mass is 10.1. The first-order valence-corrected chi connectivity index (χ1v) is 7.88. The molecule has 0 bridgehead atoms. The molecule has 0 saturated carbocycles. The van der Waals surface area contributed by atoms with E-state index in [-0.39, 0.29) is 5.82 Å². The lowest BCUT2D eigenvalue weighted by molar-refractivity contribution is 0.625. The van der Waals surface area contributed by atoms with Gasteiger partial charge in [0.1, 0.15) is 17.5 Å². The van der Waals surface area contributed by atoms with Crippen LogP contribution in [0.4, 0.5) is 4.39 Å². The number of nitrogens with one attached hydrogen (secondary N) is 1. The summed E-state index contributed by atoms with van der Waals surface area (Å²) in [5.74, 6) is 0.852. The monoisotopic (exact) mass is 335 g/mol. The van der Waals surface area contributed by atoms with Crippen molar-refractivity contribution in [3.8, 4) is 11.3 Å². The maximum atomic E-state index is 13.1. The van der Waals surface area contributed by atoms with Crippen LogP contribution >= 0.6 is 0 Å². The van der Waals surface area contributed by atoms with Gasteiger partial charge in [0.15, 0.2) is 0 Å². The molecule has 0 atom stereocenters. The van der Waals surface area contributed by atoms with Crippen LogP contribution in [-0.4, -0.2) is 27.3 Å². The Balaban J connectivity index is 1.57. The fraction of sp³-hybridized carbons (Fsp3) is 0.105. The number of nitrogens with zero attached hydrogens (tertiary/aromatic N) is 3. The highest BCUT2D eigenvalue weighted by atomic mass is 19.1. The van der Waals surface area contributed by atoms with Gasteiger partial charge in [-0.25, -0.2) is 9.37 Å². The van der Waals surface area contributed by atoms with E-state index in [0.717, 1.165) is 16.8 Å². The maximum Gasteiger partial charge on any atom is 0.130 e. The zero-order valence-electron chi connectivity index (χ0n) is 13.6. The SMILES string of the molecule is NC(/C=C\c1ncc(-c2ccncc2)[nH]1)=NCCc1cccc(F)c1. The number of hydrogen-bond donors (Lipinski definition) is 2. The number of halogens is 1. The van der Waals surface area contributed by atoms with Crippen molar-refractivity contribution in [2.75, 3.05) is 6.54 Å². The summed E-state index contributed by atoms with van der Waals surface area (Å²) in [7, 11) is 0. The van der Waals surface area contributed by atoms with Crippen LogP contribution in [0, 0.1) is 5.82 Å². The van der Waals surface area contributed by atoms with Crippen molar-refractivity contribution in [3.05, 3.63) is 78.3 Å². The second-order valence-corrected chi connectivity index (χ2v) is 5.44. The van der Waals surface area contributed by atoms with Gasteiger partial charge in [0.05, 0.1) is 11.9 Å². The van der Waals surface area contributed by atoms with Gasteiger partial charge in [-0.15, -0.1) is 0 Å². The van der Waals surface area contributed by atoms with Crippen LogP contribution in [0.2, 0.25) is 0 Å². The first kappa shape index (κ1) is 16.6. The molecule has 3 aromatic rings. The second-order valence-electron chi connectivity index (χ2n) is 5.44.